The Labute approximate surface area is 149 Å². The van der Waals surface area contributed by atoms with Crippen LogP contribution in [0.3, 0.4) is 0 Å². The molecule has 1 unspecified atom stereocenters. The third kappa shape index (κ3) is 7.10. The van der Waals surface area contributed by atoms with Crippen LogP contribution in [0.2, 0.25) is 0 Å². The molecule has 0 aromatic heterocycles. The maximum atomic E-state index is 12.2. The Hall–Kier alpha value is -0.610. The van der Waals surface area contributed by atoms with Crippen molar-refractivity contribution < 1.29 is 4.79 Å². The van der Waals surface area contributed by atoms with Crippen molar-refractivity contribution in [1.82, 2.24) is 15.5 Å². The van der Waals surface area contributed by atoms with Gasteiger partial charge in [0.1, 0.15) is 0 Å². The van der Waals surface area contributed by atoms with Crippen molar-refractivity contribution in [3.05, 3.63) is 0 Å². The number of carbonyl (C=O) groups excluding carboxylic acids is 1. The SMILES string of the molecule is CC(C)CCN1CCC(CNC(=O)CC(C)C2CCNCC2)CC1. The molecular weight excluding hydrogens is 298 g/mol. The van der Waals surface area contributed by atoms with Crippen molar-refractivity contribution in [1.29, 1.82) is 0 Å². The Morgan fingerprint density at radius 1 is 1.12 bits per heavy atom. The van der Waals surface area contributed by atoms with Gasteiger partial charge in [0.25, 0.3) is 0 Å². The summed E-state index contributed by atoms with van der Waals surface area (Å²) in [5.74, 6) is 2.98. The van der Waals surface area contributed by atoms with Gasteiger partial charge in [0.2, 0.25) is 5.91 Å². The van der Waals surface area contributed by atoms with E-state index in [0.29, 0.717) is 18.3 Å². The summed E-state index contributed by atoms with van der Waals surface area (Å²) >= 11 is 0. The summed E-state index contributed by atoms with van der Waals surface area (Å²) in [5, 5.41) is 6.62. The molecule has 0 spiro atoms. The first-order valence-corrected chi connectivity index (χ1v) is 10.2. The van der Waals surface area contributed by atoms with Crippen LogP contribution in [-0.2, 0) is 4.79 Å². The molecule has 2 aliphatic rings. The molecule has 4 nitrogen and oxygen atoms in total. The Balaban J connectivity index is 1.57. The van der Waals surface area contributed by atoms with Gasteiger partial charge in [0.15, 0.2) is 0 Å². The molecule has 2 aliphatic heterocycles. The van der Waals surface area contributed by atoms with Gasteiger partial charge in [-0.1, -0.05) is 20.8 Å². The van der Waals surface area contributed by atoms with Crippen LogP contribution in [0.5, 0.6) is 0 Å². The van der Waals surface area contributed by atoms with Gasteiger partial charge in [0.05, 0.1) is 0 Å². The topological polar surface area (TPSA) is 44.4 Å². The summed E-state index contributed by atoms with van der Waals surface area (Å²) < 4.78 is 0. The van der Waals surface area contributed by atoms with E-state index in [9.17, 15) is 4.79 Å². The van der Waals surface area contributed by atoms with Gasteiger partial charge >= 0.3 is 0 Å². The Morgan fingerprint density at radius 2 is 1.79 bits per heavy atom. The van der Waals surface area contributed by atoms with E-state index < -0.39 is 0 Å². The lowest BCUT2D eigenvalue weighted by atomic mass is 9.84. The van der Waals surface area contributed by atoms with Gasteiger partial charge < -0.3 is 15.5 Å². The molecule has 1 atom stereocenters. The van der Waals surface area contributed by atoms with E-state index in [4.69, 9.17) is 0 Å². The van der Waals surface area contributed by atoms with Crippen molar-refractivity contribution in [2.45, 2.75) is 59.3 Å². The first-order chi connectivity index (χ1) is 11.5. The third-order valence-electron chi connectivity index (χ3n) is 6.01. The standard InChI is InChI=1S/C20H39N3O/c1-16(2)6-11-23-12-7-18(8-13-23)15-22-20(24)14-17(3)19-4-9-21-10-5-19/h16-19,21H,4-15H2,1-3H3,(H,22,24). The van der Waals surface area contributed by atoms with Crippen LogP contribution in [0.15, 0.2) is 0 Å². The predicted molar refractivity (Wildman–Crippen MR) is 101 cm³/mol. The van der Waals surface area contributed by atoms with Gasteiger partial charge in [-0.05, 0) is 88.5 Å². The van der Waals surface area contributed by atoms with Gasteiger partial charge in [0, 0.05) is 13.0 Å². The highest BCUT2D eigenvalue weighted by atomic mass is 16.1. The third-order valence-corrected chi connectivity index (χ3v) is 6.01. The Kier molecular flexibility index (Phi) is 8.54. The highest BCUT2D eigenvalue weighted by molar-refractivity contribution is 5.76. The number of amides is 1. The largest absolute Gasteiger partial charge is 0.356 e. The fourth-order valence-corrected chi connectivity index (χ4v) is 4.06. The van der Waals surface area contributed by atoms with Crippen LogP contribution in [0.4, 0.5) is 0 Å². The zero-order valence-corrected chi connectivity index (χ0v) is 16.2. The number of likely N-dealkylation sites (tertiary alicyclic amines) is 1. The lowest BCUT2D eigenvalue weighted by Gasteiger charge is -2.32. The fourth-order valence-electron chi connectivity index (χ4n) is 4.06. The van der Waals surface area contributed by atoms with Crippen molar-refractivity contribution in [3.8, 4) is 0 Å². The number of nitrogens with one attached hydrogen (secondary N) is 2. The number of rotatable bonds is 8. The van der Waals surface area contributed by atoms with E-state index in [1.165, 1.54) is 51.7 Å². The van der Waals surface area contributed by atoms with E-state index in [2.05, 4.69) is 36.3 Å². The molecule has 4 heteroatoms. The van der Waals surface area contributed by atoms with Gasteiger partial charge in [-0.2, -0.15) is 0 Å². The summed E-state index contributed by atoms with van der Waals surface area (Å²) in [6.07, 6.45) is 6.94. The first-order valence-electron chi connectivity index (χ1n) is 10.2. The lowest BCUT2D eigenvalue weighted by molar-refractivity contribution is -0.122. The molecule has 24 heavy (non-hydrogen) atoms. The number of hydrogen-bond donors (Lipinski definition) is 2. The molecule has 140 valence electrons. The number of carbonyl (C=O) groups is 1. The van der Waals surface area contributed by atoms with Gasteiger partial charge in [-0.3, -0.25) is 4.79 Å². The normalized spacial score (nSPS) is 22.7. The fraction of sp³-hybridized carbons (Fsp3) is 0.950. The summed E-state index contributed by atoms with van der Waals surface area (Å²) in [5.41, 5.74) is 0. The molecule has 0 saturated carbocycles. The number of hydrogen-bond acceptors (Lipinski definition) is 3. The Morgan fingerprint density at radius 3 is 2.42 bits per heavy atom. The number of piperidine rings is 2. The van der Waals surface area contributed by atoms with Gasteiger partial charge in [-0.15, -0.1) is 0 Å². The first kappa shape index (κ1) is 19.7. The predicted octanol–water partition coefficient (Wildman–Crippen LogP) is 2.89. The van der Waals surface area contributed by atoms with Crippen molar-refractivity contribution in [2.24, 2.45) is 23.7 Å². The molecule has 2 fully saturated rings. The second-order valence-corrected chi connectivity index (χ2v) is 8.54. The summed E-state index contributed by atoms with van der Waals surface area (Å²) in [7, 11) is 0. The van der Waals surface area contributed by atoms with Crippen LogP contribution in [0.1, 0.15) is 59.3 Å². The van der Waals surface area contributed by atoms with Crippen LogP contribution in [-0.4, -0.2) is 50.1 Å². The van der Waals surface area contributed by atoms with E-state index >= 15 is 0 Å². The molecule has 2 N–H and O–H groups in total. The highest BCUT2D eigenvalue weighted by Crippen LogP contribution is 2.24. The second kappa shape index (κ2) is 10.4. The maximum absolute atomic E-state index is 12.2. The minimum atomic E-state index is 0.267. The summed E-state index contributed by atoms with van der Waals surface area (Å²) in [6.45, 7) is 13.6. The van der Waals surface area contributed by atoms with Crippen LogP contribution < -0.4 is 10.6 Å². The lowest BCUT2D eigenvalue weighted by Crippen LogP contribution is -2.40. The zero-order chi connectivity index (χ0) is 17.4. The quantitative estimate of drug-likeness (QED) is 0.716. The molecular formula is C20H39N3O. The van der Waals surface area contributed by atoms with Crippen LogP contribution >= 0.6 is 0 Å². The molecule has 2 heterocycles. The van der Waals surface area contributed by atoms with Crippen LogP contribution in [0.25, 0.3) is 0 Å². The molecule has 0 radical (unpaired) electrons. The van der Waals surface area contributed by atoms with E-state index in [-0.39, 0.29) is 5.91 Å². The van der Waals surface area contributed by atoms with E-state index in [1.807, 2.05) is 0 Å². The van der Waals surface area contributed by atoms with Crippen molar-refractivity contribution in [2.75, 3.05) is 39.3 Å². The molecule has 0 aliphatic carbocycles. The Bertz CT molecular complexity index is 358. The monoisotopic (exact) mass is 337 g/mol. The molecule has 0 aromatic carbocycles. The van der Waals surface area contributed by atoms with E-state index in [1.54, 1.807) is 0 Å². The zero-order valence-electron chi connectivity index (χ0n) is 16.2. The minimum Gasteiger partial charge on any atom is -0.356 e. The second-order valence-electron chi connectivity index (χ2n) is 8.54. The number of nitrogens with zero attached hydrogens (tertiary/aromatic N) is 1. The smallest absolute Gasteiger partial charge is 0.220 e. The van der Waals surface area contributed by atoms with Gasteiger partial charge in [-0.25, -0.2) is 0 Å². The summed E-state index contributed by atoms with van der Waals surface area (Å²) in [4.78, 5) is 14.8. The van der Waals surface area contributed by atoms with E-state index in [0.717, 1.165) is 31.5 Å². The molecule has 1 amide bonds. The molecule has 2 rings (SSSR count). The average Bonchev–Trinajstić information content (AvgIpc) is 2.59. The maximum Gasteiger partial charge on any atom is 0.220 e. The molecule has 2 saturated heterocycles. The minimum absolute atomic E-state index is 0.267. The van der Waals surface area contributed by atoms with Crippen molar-refractivity contribution >= 4 is 5.91 Å². The molecule has 0 aromatic rings. The van der Waals surface area contributed by atoms with Crippen LogP contribution in [0, 0.1) is 23.7 Å². The van der Waals surface area contributed by atoms with Crippen molar-refractivity contribution in [3.63, 3.8) is 0 Å². The average molecular weight is 338 g/mol. The summed E-state index contributed by atoms with van der Waals surface area (Å²) in [6, 6.07) is 0. The highest BCUT2D eigenvalue weighted by Gasteiger charge is 2.23. The molecule has 0 bridgehead atoms.